The smallest absolute Gasteiger partial charge is 0.257 e. The third-order valence-corrected chi connectivity index (χ3v) is 2.09. The van der Waals surface area contributed by atoms with Gasteiger partial charge in [-0.1, -0.05) is 6.08 Å². The predicted octanol–water partition coefficient (Wildman–Crippen LogP) is 2.39. The van der Waals surface area contributed by atoms with Crippen LogP contribution in [0.4, 0.5) is 0 Å². The molecule has 0 aromatic carbocycles. The number of hydrogen-bond acceptors (Lipinski definition) is 2. The van der Waals surface area contributed by atoms with Gasteiger partial charge in [0.1, 0.15) is 6.10 Å². The second-order valence-electron chi connectivity index (χ2n) is 3.60. The highest BCUT2D eigenvalue weighted by Gasteiger charge is 2.11. The number of allylic oxidation sites excluding steroid dienone is 1. The third kappa shape index (κ3) is 4.27. The van der Waals surface area contributed by atoms with E-state index in [-0.39, 0.29) is 6.10 Å². The van der Waals surface area contributed by atoms with Crippen LogP contribution in [0.15, 0.2) is 12.2 Å². The van der Waals surface area contributed by atoms with Crippen LogP contribution in [0.3, 0.4) is 0 Å². The van der Waals surface area contributed by atoms with Crippen molar-refractivity contribution in [3.05, 3.63) is 12.2 Å². The van der Waals surface area contributed by atoms with Crippen molar-refractivity contribution in [1.82, 2.24) is 5.32 Å². The van der Waals surface area contributed by atoms with Gasteiger partial charge in [-0.05, 0) is 51.4 Å². The fourth-order valence-corrected chi connectivity index (χ4v) is 1.65. The molecule has 0 aromatic rings. The van der Waals surface area contributed by atoms with Crippen LogP contribution < -0.4 is 5.32 Å². The van der Waals surface area contributed by atoms with Gasteiger partial charge in [-0.3, -0.25) is 0 Å². The average molecular weight is 199 g/mol. The standard InChI is InChI=1S/C10H17NOS/c1-8(2)11-10(13)12-9-6-4-3-5-7-9/h4,6,8-9H,3,5,7H2,1-2H3,(H,11,13)/t9-/m1/s1. The Morgan fingerprint density at radius 2 is 2.38 bits per heavy atom. The molecule has 0 bridgehead atoms. The Morgan fingerprint density at radius 1 is 1.62 bits per heavy atom. The van der Waals surface area contributed by atoms with Crippen LogP contribution in [0.1, 0.15) is 33.1 Å². The summed E-state index contributed by atoms with van der Waals surface area (Å²) in [4.78, 5) is 0. The molecule has 3 heteroatoms. The minimum absolute atomic E-state index is 0.187. The first-order valence-corrected chi connectivity index (χ1v) is 5.23. The van der Waals surface area contributed by atoms with Crippen molar-refractivity contribution < 1.29 is 4.74 Å². The van der Waals surface area contributed by atoms with Crippen molar-refractivity contribution in [2.45, 2.75) is 45.3 Å². The zero-order valence-corrected chi connectivity index (χ0v) is 9.06. The molecule has 0 unspecified atom stereocenters. The molecule has 1 atom stereocenters. The van der Waals surface area contributed by atoms with Crippen molar-refractivity contribution in [3.8, 4) is 0 Å². The largest absolute Gasteiger partial charge is 0.464 e. The molecule has 0 amide bonds. The van der Waals surface area contributed by atoms with E-state index < -0.39 is 0 Å². The summed E-state index contributed by atoms with van der Waals surface area (Å²) in [7, 11) is 0. The first-order chi connectivity index (χ1) is 6.18. The summed E-state index contributed by atoms with van der Waals surface area (Å²) in [6.07, 6.45) is 7.89. The summed E-state index contributed by atoms with van der Waals surface area (Å²) < 4.78 is 5.54. The molecule has 1 N–H and O–H groups in total. The van der Waals surface area contributed by atoms with Crippen LogP contribution in [0, 0.1) is 0 Å². The average Bonchev–Trinajstić information content (AvgIpc) is 2.04. The minimum Gasteiger partial charge on any atom is -0.464 e. The first kappa shape index (κ1) is 10.5. The van der Waals surface area contributed by atoms with Crippen molar-refractivity contribution in [2.24, 2.45) is 0 Å². The number of thiocarbonyl (C=S) groups is 1. The first-order valence-electron chi connectivity index (χ1n) is 4.82. The van der Waals surface area contributed by atoms with Crippen molar-refractivity contribution in [1.29, 1.82) is 0 Å². The lowest BCUT2D eigenvalue weighted by Crippen LogP contribution is -2.33. The van der Waals surface area contributed by atoms with Crippen LogP contribution in [0.2, 0.25) is 0 Å². The van der Waals surface area contributed by atoms with E-state index in [9.17, 15) is 0 Å². The van der Waals surface area contributed by atoms with E-state index in [2.05, 4.69) is 17.5 Å². The zero-order valence-electron chi connectivity index (χ0n) is 8.25. The van der Waals surface area contributed by atoms with Crippen LogP contribution in [-0.2, 0) is 4.74 Å². The van der Waals surface area contributed by atoms with Crippen LogP contribution in [-0.4, -0.2) is 17.3 Å². The van der Waals surface area contributed by atoms with Gasteiger partial charge in [-0.25, -0.2) is 0 Å². The van der Waals surface area contributed by atoms with Gasteiger partial charge in [0.05, 0.1) is 0 Å². The molecule has 0 saturated carbocycles. The second kappa shape index (κ2) is 5.22. The van der Waals surface area contributed by atoms with Crippen LogP contribution in [0.25, 0.3) is 0 Å². The monoisotopic (exact) mass is 199 g/mol. The molecule has 0 fully saturated rings. The summed E-state index contributed by atoms with van der Waals surface area (Å²) >= 11 is 5.04. The Bertz CT molecular complexity index is 201. The van der Waals surface area contributed by atoms with E-state index in [1.165, 1.54) is 12.8 Å². The molecule has 1 rings (SSSR count). The van der Waals surface area contributed by atoms with Gasteiger partial charge >= 0.3 is 0 Å². The summed E-state index contributed by atoms with van der Waals surface area (Å²) in [6, 6.07) is 0.347. The Balaban J connectivity index is 2.26. The van der Waals surface area contributed by atoms with Crippen molar-refractivity contribution >= 4 is 17.4 Å². The zero-order chi connectivity index (χ0) is 9.68. The lowest BCUT2D eigenvalue weighted by atomic mass is 10.1. The molecule has 1 aliphatic carbocycles. The van der Waals surface area contributed by atoms with Crippen LogP contribution in [0.5, 0.6) is 0 Å². The third-order valence-electron chi connectivity index (χ3n) is 1.88. The van der Waals surface area contributed by atoms with E-state index in [1.54, 1.807) is 0 Å². The van der Waals surface area contributed by atoms with E-state index in [0.29, 0.717) is 11.2 Å². The molecule has 74 valence electrons. The highest BCUT2D eigenvalue weighted by Crippen LogP contribution is 2.13. The molecule has 0 heterocycles. The molecule has 0 aromatic heterocycles. The Hall–Kier alpha value is -0.570. The lowest BCUT2D eigenvalue weighted by molar-refractivity contribution is 0.211. The van der Waals surface area contributed by atoms with E-state index in [4.69, 9.17) is 17.0 Å². The normalized spacial score (nSPS) is 21.6. The molecule has 1 aliphatic rings. The Kier molecular flexibility index (Phi) is 4.22. The molecule has 0 spiro atoms. The summed E-state index contributed by atoms with van der Waals surface area (Å²) in [6.45, 7) is 4.10. The van der Waals surface area contributed by atoms with E-state index in [1.807, 2.05) is 13.8 Å². The quantitative estimate of drug-likeness (QED) is 0.545. The SMILES string of the molecule is CC(C)NC(=S)O[C@@H]1C=CCCC1. The lowest BCUT2D eigenvalue weighted by Gasteiger charge is -2.20. The number of rotatable bonds is 2. The van der Waals surface area contributed by atoms with Gasteiger partial charge in [0, 0.05) is 6.04 Å². The van der Waals surface area contributed by atoms with E-state index in [0.717, 1.165) is 6.42 Å². The minimum atomic E-state index is 0.187. The second-order valence-corrected chi connectivity index (χ2v) is 3.97. The van der Waals surface area contributed by atoms with Gasteiger partial charge in [-0.2, -0.15) is 0 Å². The molecule has 0 saturated heterocycles. The number of ether oxygens (including phenoxy) is 1. The van der Waals surface area contributed by atoms with Crippen LogP contribution >= 0.6 is 12.2 Å². The van der Waals surface area contributed by atoms with Gasteiger partial charge in [0.2, 0.25) is 0 Å². The summed E-state index contributed by atoms with van der Waals surface area (Å²) in [5.74, 6) is 0. The molecular weight excluding hydrogens is 182 g/mol. The molecule has 2 nitrogen and oxygen atoms in total. The number of hydrogen-bond donors (Lipinski definition) is 1. The number of nitrogens with one attached hydrogen (secondary N) is 1. The maximum Gasteiger partial charge on any atom is 0.257 e. The van der Waals surface area contributed by atoms with Gasteiger partial charge in [0.15, 0.2) is 0 Å². The maximum atomic E-state index is 5.54. The van der Waals surface area contributed by atoms with Crippen molar-refractivity contribution in [3.63, 3.8) is 0 Å². The summed E-state index contributed by atoms with van der Waals surface area (Å²) in [5, 5.41) is 3.59. The van der Waals surface area contributed by atoms with Crippen molar-refractivity contribution in [2.75, 3.05) is 0 Å². The molecule has 13 heavy (non-hydrogen) atoms. The molecule has 0 radical (unpaired) electrons. The van der Waals surface area contributed by atoms with Gasteiger partial charge in [-0.15, -0.1) is 0 Å². The maximum absolute atomic E-state index is 5.54. The van der Waals surface area contributed by atoms with E-state index >= 15 is 0 Å². The molecular formula is C10H17NOS. The summed E-state index contributed by atoms with van der Waals surface area (Å²) in [5.41, 5.74) is 0. The molecule has 0 aliphatic heterocycles. The fraction of sp³-hybridized carbons (Fsp3) is 0.700. The fourth-order valence-electron chi connectivity index (χ4n) is 1.29. The highest BCUT2D eigenvalue weighted by atomic mass is 32.1. The predicted molar refractivity (Wildman–Crippen MR) is 58.7 cm³/mol. The Morgan fingerprint density at radius 3 is 2.92 bits per heavy atom. The van der Waals surface area contributed by atoms with Gasteiger partial charge < -0.3 is 10.1 Å². The topological polar surface area (TPSA) is 21.3 Å². The van der Waals surface area contributed by atoms with Gasteiger partial charge in [0.25, 0.3) is 5.17 Å². The Labute approximate surface area is 85.4 Å². The highest BCUT2D eigenvalue weighted by molar-refractivity contribution is 7.80.